The molecule has 3 rings (SSSR count). The third kappa shape index (κ3) is 3.61. The predicted octanol–water partition coefficient (Wildman–Crippen LogP) is 2.69. The van der Waals surface area contributed by atoms with Gasteiger partial charge >= 0.3 is 0 Å². The molecule has 1 amide bonds. The number of hydrogen-bond donors (Lipinski definition) is 0. The molecule has 0 spiro atoms. The van der Waals surface area contributed by atoms with Crippen molar-refractivity contribution in [2.45, 2.75) is 32.7 Å². The van der Waals surface area contributed by atoms with Crippen LogP contribution in [0, 0.1) is 6.92 Å². The number of aryl methyl sites for hydroxylation is 1. The van der Waals surface area contributed by atoms with E-state index in [9.17, 15) is 13.2 Å². The topological polar surface area (TPSA) is 80.5 Å². The van der Waals surface area contributed by atoms with E-state index in [4.69, 9.17) is 4.52 Å². The van der Waals surface area contributed by atoms with E-state index in [0.29, 0.717) is 30.0 Å². The third-order valence-corrected chi connectivity index (χ3v) is 6.25. The van der Waals surface area contributed by atoms with Gasteiger partial charge in [-0.3, -0.25) is 4.79 Å². The van der Waals surface area contributed by atoms with Crippen molar-refractivity contribution in [2.24, 2.45) is 0 Å². The number of nitrogens with zero attached hydrogens (tertiary/aromatic N) is 2. The van der Waals surface area contributed by atoms with Gasteiger partial charge in [0.25, 0.3) is 5.91 Å². The minimum absolute atomic E-state index is 0.0315. The van der Waals surface area contributed by atoms with Crippen molar-refractivity contribution in [3.8, 4) is 11.3 Å². The van der Waals surface area contributed by atoms with Crippen LogP contribution in [0.3, 0.4) is 0 Å². The minimum Gasteiger partial charge on any atom is -0.360 e. The van der Waals surface area contributed by atoms with Crippen LogP contribution in [0.1, 0.15) is 35.9 Å². The Morgan fingerprint density at radius 1 is 1.32 bits per heavy atom. The Labute approximate surface area is 147 Å². The zero-order valence-electron chi connectivity index (χ0n) is 14.4. The summed E-state index contributed by atoms with van der Waals surface area (Å²) in [6.45, 7) is 4.20. The molecule has 0 aliphatic carbocycles. The molecule has 7 heteroatoms. The normalized spacial score (nSPS) is 19.0. The molecule has 1 aromatic carbocycles. The highest BCUT2D eigenvalue weighted by Gasteiger charge is 2.36. The van der Waals surface area contributed by atoms with Gasteiger partial charge in [0.1, 0.15) is 17.0 Å². The number of hydrogen-bond acceptors (Lipinski definition) is 5. The van der Waals surface area contributed by atoms with Gasteiger partial charge in [0.2, 0.25) is 0 Å². The fourth-order valence-electron chi connectivity index (χ4n) is 3.27. The maximum absolute atomic E-state index is 13.2. The maximum Gasteiger partial charge on any atom is 0.260 e. The molecule has 25 heavy (non-hydrogen) atoms. The first-order chi connectivity index (χ1) is 11.9. The molecule has 2 heterocycles. The Morgan fingerprint density at radius 2 is 2.04 bits per heavy atom. The monoisotopic (exact) mass is 362 g/mol. The molecule has 0 saturated carbocycles. The molecule has 6 nitrogen and oxygen atoms in total. The lowest BCUT2D eigenvalue weighted by Crippen LogP contribution is -2.42. The van der Waals surface area contributed by atoms with Crippen LogP contribution < -0.4 is 0 Å². The van der Waals surface area contributed by atoms with Gasteiger partial charge in [0, 0.05) is 18.2 Å². The van der Waals surface area contributed by atoms with E-state index in [2.05, 4.69) is 5.16 Å². The molecular formula is C18H22N2O4S. The SMILES string of the molecule is CCCN(C(=O)c1c(-c2ccccc2)noc1C)[C@@H]1CCS(=O)(=O)C1. The average molecular weight is 362 g/mol. The van der Waals surface area contributed by atoms with Crippen molar-refractivity contribution in [3.05, 3.63) is 41.7 Å². The second-order valence-corrected chi connectivity index (χ2v) is 8.61. The summed E-state index contributed by atoms with van der Waals surface area (Å²) in [5.74, 6) is 0.413. The van der Waals surface area contributed by atoms with Crippen LogP contribution in [-0.2, 0) is 9.84 Å². The van der Waals surface area contributed by atoms with Crippen LogP contribution in [0.25, 0.3) is 11.3 Å². The number of carbonyl (C=O) groups is 1. The fraction of sp³-hybridized carbons (Fsp3) is 0.444. The van der Waals surface area contributed by atoms with Gasteiger partial charge in [0.05, 0.1) is 11.5 Å². The lowest BCUT2D eigenvalue weighted by atomic mass is 10.0. The Bertz CT molecular complexity index is 858. The summed E-state index contributed by atoms with van der Waals surface area (Å²) in [6, 6.07) is 9.11. The Morgan fingerprint density at radius 3 is 2.64 bits per heavy atom. The lowest BCUT2D eigenvalue weighted by molar-refractivity contribution is 0.0696. The average Bonchev–Trinajstić information content (AvgIpc) is 3.15. The quantitative estimate of drug-likeness (QED) is 0.817. The van der Waals surface area contributed by atoms with E-state index in [1.807, 2.05) is 37.3 Å². The van der Waals surface area contributed by atoms with Gasteiger partial charge < -0.3 is 9.42 Å². The molecule has 0 bridgehead atoms. The van der Waals surface area contributed by atoms with Crippen molar-refractivity contribution in [1.82, 2.24) is 10.1 Å². The van der Waals surface area contributed by atoms with Crippen LogP contribution in [0.2, 0.25) is 0 Å². The molecule has 1 aliphatic rings. The first kappa shape index (κ1) is 17.7. The van der Waals surface area contributed by atoms with Crippen LogP contribution in [0.5, 0.6) is 0 Å². The third-order valence-electron chi connectivity index (χ3n) is 4.50. The maximum atomic E-state index is 13.2. The summed E-state index contributed by atoms with van der Waals surface area (Å²) in [5.41, 5.74) is 1.73. The molecule has 134 valence electrons. The molecule has 1 atom stereocenters. The first-order valence-electron chi connectivity index (χ1n) is 8.46. The zero-order valence-corrected chi connectivity index (χ0v) is 15.3. The van der Waals surface area contributed by atoms with Gasteiger partial charge in [0.15, 0.2) is 9.84 Å². The predicted molar refractivity (Wildman–Crippen MR) is 95.1 cm³/mol. The van der Waals surface area contributed by atoms with Crippen molar-refractivity contribution >= 4 is 15.7 Å². The Hall–Kier alpha value is -2.15. The number of rotatable bonds is 5. The van der Waals surface area contributed by atoms with Crippen molar-refractivity contribution in [3.63, 3.8) is 0 Å². The molecule has 1 aliphatic heterocycles. The van der Waals surface area contributed by atoms with E-state index in [-0.39, 0.29) is 23.5 Å². The van der Waals surface area contributed by atoms with Crippen molar-refractivity contribution < 1.29 is 17.7 Å². The molecule has 0 N–H and O–H groups in total. The van der Waals surface area contributed by atoms with Gasteiger partial charge in [-0.25, -0.2) is 8.42 Å². The Balaban J connectivity index is 1.97. The molecule has 2 aromatic rings. The molecule has 1 saturated heterocycles. The van der Waals surface area contributed by atoms with Gasteiger partial charge in [-0.2, -0.15) is 0 Å². The summed E-state index contributed by atoms with van der Waals surface area (Å²) in [5, 5.41) is 4.06. The van der Waals surface area contributed by atoms with E-state index >= 15 is 0 Å². The summed E-state index contributed by atoms with van der Waals surface area (Å²) >= 11 is 0. The number of aromatic nitrogens is 1. The van der Waals surface area contributed by atoms with Crippen LogP contribution >= 0.6 is 0 Å². The van der Waals surface area contributed by atoms with E-state index in [1.54, 1.807) is 11.8 Å². The highest BCUT2D eigenvalue weighted by Crippen LogP contribution is 2.28. The second kappa shape index (κ2) is 7.00. The van der Waals surface area contributed by atoms with E-state index < -0.39 is 9.84 Å². The lowest BCUT2D eigenvalue weighted by Gasteiger charge is -2.28. The summed E-state index contributed by atoms with van der Waals surface area (Å²) < 4.78 is 29.0. The van der Waals surface area contributed by atoms with Crippen LogP contribution in [0.15, 0.2) is 34.9 Å². The second-order valence-electron chi connectivity index (χ2n) is 6.38. The zero-order chi connectivity index (χ0) is 18.0. The first-order valence-corrected chi connectivity index (χ1v) is 10.3. The molecule has 0 radical (unpaired) electrons. The number of amides is 1. The number of sulfone groups is 1. The standard InChI is InChI=1S/C18H22N2O4S/c1-3-10-20(15-9-11-25(22,23)12-15)18(21)16-13(2)24-19-17(16)14-7-5-4-6-8-14/h4-8,15H,3,9-12H2,1-2H3/t15-/m1/s1. The highest BCUT2D eigenvalue weighted by atomic mass is 32.2. The van der Waals surface area contributed by atoms with Crippen LogP contribution in [0.4, 0.5) is 0 Å². The highest BCUT2D eigenvalue weighted by molar-refractivity contribution is 7.91. The molecular weight excluding hydrogens is 340 g/mol. The van der Waals surface area contributed by atoms with Gasteiger partial charge in [-0.15, -0.1) is 0 Å². The summed E-state index contributed by atoms with van der Waals surface area (Å²) in [7, 11) is -3.07. The van der Waals surface area contributed by atoms with Gasteiger partial charge in [-0.1, -0.05) is 42.4 Å². The van der Waals surface area contributed by atoms with Gasteiger partial charge in [-0.05, 0) is 19.8 Å². The largest absolute Gasteiger partial charge is 0.360 e. The molecule has 0 unspecified atom stereocenters. The summed E-state index contributed by atoms with van der Waals surface area (Å²) in [6.07, 6.45) is 1.24. The van der Waals surface area contributed by atoms with E-state index in [0.717, 1.165) is 12.0 Å². The fourth-order valence-corrected chi connectivity index (χ4v) is 5.00. The number of benzene rings is 1. The minimum atomic E-state index is -3.07. The smallest absolute Gasteiger partial charge is 0.260 e. The molecule has 1 aromatic heterocycles. The summed E-state index contributed by atoms with van der Waals surface area (Å²) in [4.78, 5) is 14.9. The van der Waals surface area contributed by atoms with E-state index in [1.165, 1.54) is 0 Å². The Kier molecular flexibility index (Phi) is 4.94. The van der Waals surface area contributed by atoms with Crippen molar-refractivity contribution in [1.29, 1.82) is 0 Å². The van der Waals surface area contributed by atoms with Crippen LogP contribution in [-0.4, -0.2) is 48.5 Å². The van der Waals surface area contributed by atoms with Crippen molar-refractivity contribution in [2.75, 3.05) is 18.1 Å². The number of carbonyl (C=O) groups excluding carboxylic acids is 1. The molecule has 1 fully saturated rings.